The largest absolute Gasteiger partial charge is 0.398 e. The third-order valence-electron chi connectivity index (χ3n) is 3.65. The van der Waals surface area contributed by atoms with Gasteiger partial charge >= 0.3 is 0 Å². The number of fused-ring (bicyclic) bond motifs is 1. The zero-order chi connectivity index (χ0) is 14.5. The van der Waals surface area contributed by atoms with Gasteiger partial charge in [0, 0.05) is 41.1 Å². The predicted molar refractivity (Wildman–Crippen MR) is 89.4 cm³/mol. The second kappa shape index (κ2) is 6.27. The number of pyridine rings is 1. The first-order chi connectivity index (χ1) is 10.3. The number of hydrogen-bond donors (Lipinski definition) is 2. The summed E-state index contributed by atoms with van der Waals surface area (Å²) in [5.41, 5.74) is 9.26. The number of benzene rings is 2. The van der Waals surface area contributed by atoms with Crippen LogP contribution in [-0.4, -0.2) is 11.5 Å². The van der Waals surface area contributed by atoms with E-state index in [1.165, 1.54) is 5.56 Å². The second-order valence-electron chi connectivity index (χ2n) is 5.14. The van der Waals surface area contributed by atoms with E-state index in [2.05, 4.69) is 40.6 Å². The van der Waals surface area contributed by atoms with Crippen molar-refractivity contribution in [1.29, 1.82) is 0 Å². The Morgan fingerprint density at radius 1 is 0.952 bits per heavy atom. The van der Waals surface area contributed by atoms with E-state index in [4.69, 9.17) is 5.73 Å². The van der Waals surface area contributed by atoms with E-state index in [1.807, 2.05) is 24.4 Å². The minimum absolute atomic E-state index is 0.771. The summed E-state index contributed by atoms with van der Waals surface area (Å²) >= 11 is 0. The van der Waals surface area contributed by atoms with Crippen LogP contribution in [0.5, 0.6) is 0 Å². The minimum Gasteiger partial charge on any atom is -0.398 e. The van der Waals surface area contributed by atoms with Gasteiger partial charge in [0.25, 0.3) is 0 Å². The Morgan fingerprint density at radius 2 is 1.81 bits per heavy atom. The fraction of sp³-hybridized carbons (Fsp3) is 0.167. The lowest BCUT2D eigenvalue weighted by Crippen LogP contribution is -2.04. The van der Waals surface area contributed by atoms with Crippen LogP contribution in [0.2, 0.25) is 0 Å². The topological polar surface area (TPSA) is 50.9 Å². The predicted octanol–water partition coefficient (Wildman–Crippen LogP) is 3.86. The summed E-state index contributed by atoms with van der Waals surface area (Å²) in [5, 5.41) is 5.64. The smallest absolute Gasteiger partial charge is 0.0422 e. The van der Waals surface area contributed by atoms with Crippen molar-refractivity contribution in [3.63, 3.8) is 0 Å². The summed E-state index contributed by atoms with van der Waals surface area (Å²) in [6.45, 7) is 0.941. The number of anilines is 2. The fourth-order valence-corrected chi connectivity index (χ4v) is 2.53. The van der Waals surface area contributed by atoms with Gasteiger partial charge in [-0.15, -0.1) is 0 Å². The van der Waals surface area contributed by atoms with Crippen molar-refractivity contribution in [2.45, 2.75) is 12.8 Å². The van der Waals surface area contributed by atoms with Crippen LogP contribution in [0.25, 0.3) is 10.8 Å². The third-order valence-corrected chi connectivity index (χ3v) is 3.65. The molecular weight excluding hydrogens is 258 g/mol. The molecule has 0 unspecified atom stereocenters. The average molecular weight is 277 g/mol. The van der Waals surface area contributed by atoms with Crippen molar-refractivity contribution in [2.24, 2.45) is 0 Å². The van der Waals surface area contributed by atoms with Crippen LogP contribution in [0.3, 0.4) is 0 Å². The van der Waals surface area contributed by atoms with Gasteiger partial charge in [-0.25, -0.2) is 0 Å². The first kappa shape index (κ1) is 13.4. The molecule has 1 aromatic heterocycles. The molecule has 0 atom stereocenters. The monoisotopic (exact) mass is 277 g/mol. The van der Waals surface area contributed by atoms with Crippen LogP contribution >= 0.6 is 0 Å². The van der Waals surface area contributed by atoms with Gasteiger partial charge in [0.2, 0.25) is 0 Å². The maximum atomic E-state index is 5.99. The highest BCUT2D eigenvalue weighted by Crippen LogP contribution is 2.27. The molecule has 3 heteroatoms. The summed E-state index contributed by atoms with van der Waals surface area (Å²) in [6, 6.07) is 16.5. The fourth-order valence-electron chi connectivity index (χ4n) is 2.53. The summed E-state index contributed by atoms with van der Waals surface area (Å²) < 4.78 is 0. The Kier molecular flexibility index (Phi) is 4.01. The van der Waals surface area contributed by atoms with Gasteiger partial charge < -0.3 is 11.1 Å². The summed E-state index contributed by atoms with van der Waals surface area (Å²) in [5.74, 6) is 0. The van der Waals surface area contributed by atoms with E-state index in [1.54, 1.807) is 6.20 Å². The molecule has 2 aromatic carbocycles. The van der Waals surface area contributed by atoms with E-state index < -0.39 is 0 Å². The molecule has 0 saturated heterocycles. The zero-order valence-electron chi connectivity index (χ0n) is 11.9. The molecule has 0 bridgehead atoms. The van der Waals surface area contributed by atoms with Gasteiger partial charge in [0.1, 0.15) is 0 Å². The Labute approximate surface area is 124 Å². The molecular formula is C18H19N3. The van der Waals surface area contributed by atoms with Crippen LogP contribution in [0.15, 0.2) is 60.9 Å². The molecule has 0 radical (unpaired) electrons. The van der Waals surface area contributed by atoms with Crippen LogP contribution in [0.1, 0.15) is 12.0 Å². The number of aromatic nitrogens is 1. The Bertz CT molecular complexity index is 723. The Balaban J connectivity index is 1.65. The molecule has 21 heavy (non-hydrogen) atoms. The summed E-state index contributed by atoms with van der Waals surface area (Å²) in [7, 11) is 0. The molecule has 0 spiro atoms. The van der Waals surface area contributed by atoms with Gasteiger partial charge in [0.15, 0.2) is 0 Å². The van der Waals surface area contributed by atoms with Gasteiger partial charge in [-0.1, -0.05) is 30.3 Å². The van der Waals surface area contributed by atoms with E-state index in [0.29, 0.717) is 0 Å². The molecule has 0 aliphatic carbocycles. The lowest BCUT2D eigenvalue weighted by Gasteiger charge is -2.11. The number of nitrogens with one attached hydrogen (secondary N) is 1. The lowest BCUT2D eigenvalue weighted by atomic mass is 10.1. The molecule has 1 heterocycles. The Morgan fingerprint density at radius 3 is 2.67 bits per heavy atom. The molecule has 0 aliphatic heterocycles. The van der Waals surface area contributed by atoms with Gasteiger partial charge in [0.05, 0.1) is 0 Å². The number of aryl methyl sites for hydroxylation is 1. The van der Waals surface area contributed by atoms with Gasteiger partial charge in [-0.3, -0.25) is 4.98 Å². The quantitative estimate of drug-likeness (QED) is 0.550. The number of nitrogens with zero attached hydrogens (tertiary/aromatic N) is 1. The van der Waals surface area contributed by atoms with Crippen molar-refractivity contribution in [3.8, 4) is 0 Å². The van der Waals surface area contributed by atoms with E-state index in [-0.39, 0.29) is 0 Å². The molecule has 0 amide bonds. The van der Waals surface area contributed by atoms with Crippen LogP contribution in [0, 0.1) is 0 Å². The van der Waals surface area contributed by atoms with Crippen molar-refractivity contribution < 1.29 is 0 Å². The first-order valence-corrected chi connectivity index (χ1v) is 7.24. The third kappa shape index (κ3) is 3.14. The normalized spacial score (nSPS) is 10.7. The SMILES string of the molecule is Nc1ccc(NCCCc2ccccc2)c2ccncc12. The van der Waals surface area contributed by atoms with E-state index in [9.17, 15) is 0 Å². The van der Waals surface area contributed by atoms with Crippen LogP contribution < -0.4 is 11.1 Å². The van der Waals surface area contributed by atoms with Crippen LogP contribution in [-0.2, 0) is 6.42 Å². The standard InChI is InChI=1S/C18H19N3/c19-17-8-9-18(15-10-12-20-13-16(15)17)21-11-4-7-14-5-2-1-3-6-14/h1-3,5-6,8-10,12-13,21H,4,7,11,19H2. The highest BCUT2D eigenvalue weighted by Gasteiger charge is 2.03. The molecule has 0 aliphatic rings. The van der Waals surface area contributed by atoms with Crippen molar-refractivity contribution >= 4 is 22.1 Å². The number of rotatable bonds is 5. The number of hydrogen-bond acceptors (Lipinski definition) is 3. The molecule has 3 nitrogen and oxygen atoms in total. The highest BCUT2D eigenvalue weighted by molar-refractivity contribution is 6.00. The van der Waals surface area contributed by atoms with Gasteiger partial charge in [-0.05, 0) is 36.6 Å². The number of nitrogens with two attached hydrogens (primary N) is 1. The lowest BCUT2D eigenvalue weighted by molar-refractivity contribution is 0.864. The molecule has 3 rings (SSSR count). The highest BCUT2D eigenvalue weighted by atomic mass is 14.9. The molecule has 0 fully saturated rings. The minimum atomic E-state index is 0.771. The van der Waals surface area contributed by atoms with Crippen molar-refractivity contribution in [2.75, 3.05) is 17.6 Å². The first-order valence-electron chi connectivity index (χ1n) is 7.24. The number of nitrogen functional groups attached to an aromatic ring is 1. The molecule has 3 N–H and O–H groups in total. The molecule has 0 saturated carbocycles. The summed E-state index contributed by atoms with van der Waals surface area (Å²) in [4.78, 5) is 4.14. The summed E-state index contributed by atoms with van der Waals surface area (Å²) in [6.07, 6.45) is 5.81. The average Bonchev–Trinajstić information content (AvgIpc) is 2.55. The van der Waals surface area contributed by atoms with Crippen molar-refractivity contribution in [3.05, 3.63) is 66.5 Å². The Hall–Kier alpha value is -2.55. The zero-order valence-corrected chi connectivity index (χ0v) is 11.9. The van der Waals surface area contributed by atoms with Crippen molar-refractivity contribution in [1.82, 2.24) is 4.98 Å². The molecule has 3 aromatic rings. The molecule has 106 valence electrons. The maximum absolute atomic E-state index is 5.99. The van der Waals surface area contributed by atoms with E-state index >= 15 is 0 Å². The second-order valence-corrected chi connectivity index (χ2v) is 5.14. The van der Waals surface area contributed by atoms with E-state index in [0.717, 1.165) is 41.5 Å². The van der Waals surface area contributed by atoms with Crippen LogP contribution in [0.4, 0.5) is 11.4 Å². The van der Waals surface area contributed by atoms with Gasteiger partial charge in [-0.2, -0.15) is 0 Å². The maximum Gasteiger partial charge on any atom is 0.0422 e.